The maximum absolute atomic E-state index is 3.44. The molecule has 0 bridgehead atoms. The van der Waals surface area contributed by atoms with E-state index < -0.39 is 0 Å². The standard InChI is InChI=1S/C7H5BrS2/c8-4-5-3-7-6(10-5)1-2-9-7/h1-3H,4H2. The van der Waals surface area contributed by atoms with Crippen LogP contribution in [0.3, 0.4) is 0 Å². The number of fused-ring (bicyclic) bond motifs is 1. The lowest BCUT2D eigenvalue weighted by molar-refractivity contribution is 1.60. The summed E-state index contributed by atoms with van der Waals surface area (Å²) in [5, 5.41) is 3.12. The highest BCUT2D eigenvalue weighted by Gasteiger charge is 1.99. The fourth-order valence-corrected chi connectivity index (χ4v) is 3.37. The lowest BCUT2D eigenvalue weighted by Crippen LogP contribution is -1.58. The second-order valence-corrected chi connectivity index (χ2v) is 4.67. The summed E-state index contributed by atoms with van der Waals surface area (Å²) in [5.74, 6) is 0. The minimum Gasteiger partial charge on any atom is -0.143 e. The monoisotopic (exact) mass is 232 g/mol. The van der Waals surface area contributed by atoms with E-state index in [0.717, 1.165) is 5.33 Å². The molecule has 0 aromatic carbocycles. The summed E-state index contributed by atoms with van der Waals surface area (Å²) in [5.41, 5.74) is 0. The largest absolute Gasteiger partial charge is 0.143 e. The zero-order chi connectivity index (χ0) is 6.97. The van der Waals surface area contributed by atoms with E-state index in [1.54, 1.807) is 0 Å². The molecule has 0 N–H and O–H groups in total. The molecule has 0 spiro atoms. The summed E-state index contributed by atoms with van der Waals surface area (Å²) in [7, 11) is 0. The molecule has 52 valence electrons. The first-order valence-corrected chi connectivity index (χ1v) is 5.74. The predicted molar refractivity (Wildman–Crippen MR) is 52.3 cm³/mol. The van der Waals surface area contributed by atoms with Gasteiger partial charge in [-0.25, -0.2) is 0 Å². The molecule has 3 heteroatoms. The molecule has 2 rings (SSSR count). The van der Waals surface area contributed by atoms with Gasteiger partial charge in [-0.2, -0.15) is 0 Å². The van der Waals surface area contributed by atoms with E-state index >= 15 is 0 Å². The zero-order valence-electron chi connectivity index (χ0n) is 5.13. The van der Waals surface area contributed by atoms with Crippen LogP contribution < -0.4 is 0 Å². The number of rotatable bonds is 1. The molecule has 10 heavy (non-hydrogen) atoms. The SMILES string of the molecule is BrCc1cc2sccc2s1. The predicted octanol–water partition coefficient (Wildman–Crippen LogP) is 3.86. The third-order valence-electron chi connectivity index (χ3n) is 1.32. The molecule has 0 aliphatic heterocycles. The van der Waals surface area contributed by atoms with Crippen LogP contribution in [0.4, 0.5) is 0 Å². The number of thiophene rings is 2. The van der Waals surface area contributed by atoms with E-state index in [-0.39, 0.29) is 0 Å². The smallest absolute Gasteiger partial charge is 0.0453 e. The van der Waals surface area contributed by atoms with Crippen molar-refractivity contribution in [2.75, 3.05) is 0 Å². The van der Waals surface area contributed by atoms with Gasteiger partial charge in [0, 0.05) is 19.6 Å². The van der Waals surface area contributed by atoms with E-state index in [1.807, 2.05) is 22.7 Å². The first kappa shape index (κ1) is 6.83. The van der Waals surface area contributed by atoms with Crippen molar-refractivity contribution in [1.82, 2.24) is 0 Å². The quantitative estimate of drug-likeness (QED) is 0.656. The number of hydrogen-bond acceptors (Lipinski definition) is 2. The second-order valence-electron chi connectivity index (χ2n) is 2.00. The Morgan fingerprint density at radius 2 is 2.30 bits per heavy atom. The third kappa shape index (κ3) is 1.02. The Labute approximate surface area is 75.6 Å². The van der Waals surface area contributed by atoms with Crippen molar-refractivity contribution in [3.63, 3.8) is 0 Å². The average molecular weight is 233 g/mol. The molecular formula is C7H5BrS2. The van der Waals surface area contributed by atoms with Gasteiger partial charge in [-0.3, -0.25) is 0 Å². The van der Waals surface area contributed by atoms with Crippen LogP contribution in [0.1, 0.15) is 4.88 Å². The van der Waals surface area contributed by atoms with Gasteiger partial charge in [0.25, 0.3) is 0 Å². The van der Waals surface area contributed by atoms with Gasteiger partial charge in [0.15, 0.2) is 0 Å². The van der Waals surface area contributed by atoms with Crippen molar-refractivity contribution < 1.29 is 0 Å². The molecule has 0 amide bonds. The fraction of sp³-hybridized carbons (Fsp3) is 0.143. The van der Waals surface area contributed by atoms with Crippen molar-refractivity contribution in [2.45, 2.75) is 5.33 Å². The van der Waals surface area contributed by atoms with Gasteiger partial charge in [-0.05, 0) is 17.5 Å². The van der Waals surface area contributed by atoms with Crippen LogP contribution >= 0.6 is 38.6 Å². The van der Waals surface area contributed by atoms with Gasteiger partial charge in [0.1, 0.15) is 0 Å². The van der Waals surface area contributed by atoms with Crippen LogP contribution in [-0.4, -0.2) is 0 Å². The molecular weight excluding hydrogens is 228 g/mol. The highest BCUT2D eigenvalue weighted by Crippen LogP contribution is 2.30. The van der Waals surface area contributed by atoms with E-state index in [9.17, 15) is 0 Å². The van der Waals surface area contributed by atoms with Crippen molar-refractivity contribution in [3.05, 3.63) is 22.4 Å². The van der Waals surface area contributed by atoms with Crippen molar-refractivity contribution in [2.24, 2.45) is 0 Å². The Kier molecular flexibility index (Phi) is 1.80. The fourth-order valence-electron chi connectivity index (χ4n) is 0.882. The van der Waals surface area contributed by atoms with E-state index in [4.69, 9.17) is 0 Å². The van der Waals surface area contributed by atoms with Crippen molar-refractivity contribution in [3.8, 4) is 0 Å². The van der Waals surface area contributed by atoms with Gasteiger partial charge in [0.2, 0.25) is 0 Å². The van der Waals surface area contributed by atoms with Crippen LogP contribution in [-0.2, 0) is 5.33 Å². The summed E-state index contributed by atoms with van der Waals surface area (Å²) in [6.07, 6.45) is 0. The van der Waals surface area contributed by atoms with Gasteiger partial charge >= 0.3 is 0 Å². The highest BCUT2D eigenvalue weighted by molar-refractivity contribution is 9.08. The Morgan fingerprint density at radius 1 is 1.40 bits per heavy atom. The Balaban J connectivity index is 2.67. The zero-order valence-corrected chi connectivity index (χ0v) is 8.35. The molecule has 0 saturated heterocycles. The number of halogens is 1. The first-order chi connectivity index (χ1) is 4.90. The Bertz CT molecular complexity index is 305. The van der Waals surface area contributed by atoms with Crippen LogP contribution in [0.25, 0.3) is 9.40 Å². The Morgan fingerprint density at radius 3 is 3.00 bits per heavy atom. The molecule has 0 fully saturated rings. The number of hydrogen-bond donors (Lipinski definition) is 0. The van der Waals surface area contributed by atoms with Crippen LogP contribution in [0.15, 0.2) is 17.5 Å². The molecule has 0 radical (unpaired) electrons. The lowest BCUT2D eigenvalue weighted by atomic mass is 10.5. The molecule has 0 unspecified atom stereocenters. The molecule has 0 aliphatic rings. The molecule has 0 saturated carbocycles. The van der Waals surface area contributed by atoms with Crippen LogP contribution in [0, 0.1) is 0 Å². The molecule has 2 aromatic heterocycles. The summed E-state index contributed by atoms with van der Waals surface area (Å²) in [4.78, 5) is 1.42. The third-order valence-corrected chi connectivity index (χ3v) is 4.39. The number of alkyl halides is 1. The Hall–Kier alpha value is 0.140. The summed E-state index contributed by atoms with van der Waals surface area (Å²) < 4.78 is 2.83. The van der Waals surface area contributed by atoms with Gasteiger partial charge in [-0.1, -0.05) is 15.9 Å². The van der Waals surface area contributed by atoms with Crippen LogP contribution in [0.2, 0.25) is 0 Å². The lowest BCUT2D eigenvalue weighted by Gasteiger charge is -1.78. The highest BCUT2D eigenvalue weighted by atomic mass is 79.9. The summed E-state index contributed by atoms with van der Waals surface area (Å²) in [6.45, 7) is 0. The topological polar surface area (TPSA) is 0 Å². The molecule has 0 nitrogen and oxygen atoms in total. The minimum atomic E-state index is 0.985. The van der Waals surface area contributed by atoms with E-state index in [0.29, 0.717) is 0 Å². The van der Waals surface area contributed by atoms with Crippen LogP contribution in [0.5, 0.6) is 0 Å². The van der Waals surface area contributed by atoms with E-state index in [1.165, 1.54) is 14.3 Å². The second kappa shape index (κ2) is 2.64. The maximum atomic E-state index is 3.44. The minimum absolute atomic E-state index is 0.985. The summed E-state index contributed by atoms with van der Waals surface area (Å²) >= 11 is 7.12. The summed E-state index contributed by atoms with van der Waals surface area (Å²) in [6, 6.07) is 4.43. The van der Waals surface area contributed by atoms with Gasteiger partial charge < -0.3 is 0 Å². The average Bonchev–Trinajstić information content (AvgIpc) is 2.42. The van der Waals surface area contributed by atoms with Gasteiger partial charge in [-0.15, -0.1) is 22.7 Å². The van der Waals surface area contributed by atoms with Crippen molar-refractivity contribution in [1.29, 1.82) is 0 Å². The van der Waals surface area contributed by atoms with E-state index in [2.05, 4.69) is 33.4 Å². The normalized spacial score (nSPS) is 10.9. The maximum Gasteiger partial charge on any atom is 0.0453 e. The molecule has 0 atom stereocenters. The van der Waals surface area contributed by atoms with Crippen molar-refractivity contribution >= 4 is 48.0 Å². The first-order valence-electron chi connectivity index (χ1n) is 2.92. The van der Waals surface area contributed by atoms with Gasteiger partial charge in [0.05, 0.1) is 0 Å². The molecule has 2 aromatic rings. The molecule has 2 heterocycles. The molecule has 0 aliphatic carbocycles.